The largest absolute Gasteiger partial charge is 0.493 e. The van der Waals surface area contributed by atoms with Gasteiger partial charge in [-0.3, -0.25) is 4.42 Å². The molecule has 0 bridgehead atoms. The van der Waals surface area contributed by atoms with Crippen molar-refractivity contribution in [2.45, 2.75) is 13.8 Å². The van der Waals surface area contributed by atoms with Crippen molar-refractivity contribution in [2.24, 2.45) is 0 Å². The number of hydrogen-bond acceptors (Lipinski definition) is 1. The van der Waals surface area contributed by atoms with E-state index in [0.717, 1.165) is 22.7 Å². The van der Waals surface area contributed by atoms with Gasteiger partial charge in [-0.1, -0.05) is 48.5 Å². The zero-order valence-electron chi connectivity index (χ0n) is 13.7. The summed E-state index contributed by atoms with van der Waals surface area (Å²) >= 11 is 0. The summed E-state index contributed by atoms with van der Waals surface area (Å²) in [6, 6.07) is 20.2. The third kappa shape index (κ3) is 5.26. The minimum absolute atomic E-state index is 0.634. The lowest BCUT2D eigenvalue weighted by Crippen LogP contribution is -1.98. The Kier molecular flexibility index (Phi) is 6.86. The second kappa shape index (κ2) is 9.42. The number of rotatable bonds is 7. The van der Waals surface area contributed by atoms with Crippen LogP contribution in [0.3, 0.4) is 0 Å². The highest BCUT2D eigenvalue weighted by Gasteiger charge is 2.09. The van der Waals surface area contributed by atoms with E-state index in [-0.39, 0.29) is 0 Å². The molecule has 0 spiro atoms. The van der Waals surface area contributed by atoms with E-state index >= 15 is 0 Å². The van der Waals surface area contributed by atoms with E-state index in [1.54, 1.807) is 0 Å². The molecule has 118 valence electrons. The molecule has 0 aliphatic rings. The monoisotopic (exact) mass is 307 g/mol. The first-order chi connectivity index (χ1) is 11.3. The highest BCUT2D eigenvalue weighted by atomic mass is 16.5. The molecule has 0 aromatic heterocycles. The smallest absolute Gasteiger partial charge is 0.350 e. The maximum atomic E-state index is 5.74. The van der Waals surface area contributed by atoms with Crippen LogP contribution >= 0.6 is 0 Å². The Hall–Kier alpha value is -2.61. The average Bonchev–Trinajstić information content (AvgIpc) is 2.61. The lowest BCUT2D eigenvalue weighted by molar-refractivity contribution is -0.261. The van der Waals surface area contributed by atoms with Gasteiger partial charge in [-0.05, 0) is 31.2 Å². The highest BCUT2D eigenvalue weighted by molar-refractivity contribution is 6.05. The molecular weight excluding hydrogens is 284 g/mol. The van der Waals surface area contributed by atoms with E-state index in [1.807, 2.05) is 92.7 Å². The quantitative estimate of drug-likeness (QED) is 0.230. The van der Waals surface area contributed by atoms with Crippen molar-refractivity contribution in [3.63, 3.8) is 0 Å². The molecule has 0 fully saturated rings. The predicted octanol–water partition coefficient (Wildman–Crippen LogP) is 5.06. The molecule has 0 heterocycles. The van der Waals surface area contributed by atoms with Crippen molar-refractivity contribution >= 4 is 11.5 Å². The first-order valence-corrected chi connectivity index (χ1v) is 7.97. The first-order valence-electron chi connectivity index (χ1n) is 7.97. The summed E-state index contributed by atoms with van der Waals surface area (Å²) in [5.41, 5.74) is 2.13. The Morgan fingerprint density at radius 1 is 0.913 bits per heavy atom. The molecule has 0 unspecified atom stereocenters. The summed E-state index contributed by atoms with van der Waals surface area (Å²) in [5, 5.41) is 0. The summed E-state index contributed by atoms with van der Waals surface area (Å²) in [7, 11) is 0. The van der Waals surface area contributed by atoms with E-state index in [2.05, 4.69) is 0 Å². The van der Waals surface area contributed by atoms with Crippen LogP contribution < -0.4 is 0 Å². The van der Waals surface area contributed by atoms with Crippen LogP contribution in [0.4, 0.5) is 0 Å². The van der Waals surface area contributed by atoms with Crippen LogP contribution in [0.15, 0.2) is 78.9 Å². The summed E-state index contributed by atoms with van der Waals surface area (Å²) in [4.78, 5) is 0. The van der Waals surface area contributed by atoms with Gasteiger partial charge in [-0.15, -0.1) is 0 Å². The second-order valence-electron chi connectivity index (χ2n) is 4.85. The fourth-order valence-electron chi connectivity index (χ4n) is 2.19. The fourth-order valence-corrected chi connectivity index (χ4v) is 2.19. The summed E-state index contributed by atoms with van der Waals surface area (Å²) in [6.45, 7) is 5.25. The third-order valence-corrected chi connectivity index (χ3v) is 3.21. The van der Waals surface area contributed by atoms with Crippen LogP contribution in [0, 0.1) is 0 Å². The molecule has 0 saturated heterocycles. The van der Waals surface area contributed by atoms with Gasteiger partial charge in [0, 0.05) is 18.6 Å². The Balaban J connectivity index is 2.23. The molecular formula is C21H23O2+. The summed E-state index contributed by atoms with van der Waals surface area (Å²) < 4.78 is 11.5. The van der Waals surface area contributed by atoms with E-state index in [0.29, 0.717) is 13.2 Å². The lowest BCUT2D eigenvalue weighted by Gasteiger charge is -2.07. The molecule has 2 rings (SSSR count). The maximum Gasteiger partial charge on any atom is 0.350 e. The third-order valence-electron chi connectivity index (χ3n) is 3.21. The minimum atomic E-state index is 0.634. The second-order valence-corrected chi connectivity index (χ2v) is 4.85. The van der Waals surface area contributed by atoms with E-state index in [4.69, 9.17) is 9.16 Å². The van der Waals surface area contributed by atoms with Crippen LogP contribution in [0.2, 0.25) is 0 Å². The zero-order valence-corrected chi connectivity index (χ0v) is 13.7. The van der Waals surface area contributed by atoms with Gasteiger partial charge in [0.2, 0.25) is 0 Å². The van der Waals surface area contributed by atoms with Crippen LogP contribution in [0.25, 0.3) is 5.76 Å². The Bertz CT molecular complexity index is 668. The summed E-state index contributed by atoms with van der Waals surface area (Å²) in [5.74, 6) is 1.71. The van der Waals surface area contributed by atoms with Gasteiger partial charge in [0.15, 0.2) is 0 Å². The Morgan fingerprint density at radius 2 is 1.52 bits per heavy atom. The van der Waals surface area contributed by atoms with Gasteiger partial charge < -0.3 is 4.74 Å². The molecule has 23 heavy (non-hydrogen) atoms. The van der Waals surface area contributed by atoms with Crippen molar-refractivity contribution in [3.05, 3.63) is 90.0 Å². The van der Waals surface area contributed by atoms with Gasteiger partial charge in [-0.2, -0.15) is 0 Å². The molecule has 0 atom stereocenters. The molecule has 0 amide bonds. The van der Waals surface area contributed by atoms with Crippen LogP contribution in [-0.4, -0.2) is 19.0 Å². The molecule has 0 radical (unpaired) electrons. The highest BCUT2D eigenvalue weighted by Crippen LogP contribution is 2.15. The Labute approximate surface area is 138 Å². The average molecular weight is 307 g/mol. The maximum absolute atomic E-state index is 5.74. The minimum Gasteiger partial charge on any atom is -0.493 e. The molecule has 2 aromatic rings. The number of carbonyl (C=O) groups excluding carboxylic acids is 1. The number of benzene rings is 2. The zero-order chi connectivity index (χ0) is 16.3. The molecule has 2 nitrogen and oxygen atoms in total. The topological polar surface area (TPSA) is 20.5 Å². The first kappa shape index (κ1) is 16.8. The number of ketones is 1. The van der Waals surface area contributed by atoms with Crippen molar-refractivity contribution in [1.29, 1.82) is 0 Å². The van der Waals surface area contributed by atoms with Crippen LogP contribution in [0.1, 0.15) is 29.4 Å². The number of hydrogen-bond donors (Lipinski definition) is 0. The van der Waals surface area contributed by atoms with Gasteiger partial charge >= 0.3 is 5.78 Å². The van der Waals surface area contributed by atoms with Crippen molar-refractivity contribution in [2.75, 3.05) is 13.2 Å². The van der Waals surface area contributed by atoms with Crippen molar-refractivity contribution < 1.29 is 9.16 Å². The van der Waals surface area contributed by atoms with Crippen LogP contribution in [0.5, 0.6) is 0 Å². The van der Waals surface area contributed by atoms with Gasteiger partial charge in [-0.25, -0.2) is 0 Å². The van der Waals surface area contributed by atoms with Gasteiger partial charge in [0.1, 0.15) is 5.76 Å². The SMILES string of the molecule is CCO/C(=C\C=C\C(=[O+]CC)c1ccccc1)c1ccccc1. The van der Waals surface area contributed by atoms with E-state index < -0.39 is 0 Å². The standard InChI is InChI=1S/C21H23O2/c1-3-22-20(18-12-7-5-8-13-18)16-11-17-21(23-4-2)19-14-9-6-10-15-19/h5-17H,3-4H2,1-2H3/q+1/b16-11+,21-17-. The normalized spacial score (nSPS) is 12.6. The van der Waals surface area contributed by atoms with E-state index in [9.17, 15) is 0 Å². The van der Waals surface area contributed by atoms with Crippen molar-refractivity contribution in [3.8, 4) is 0 Å². The van der Waals surface area contributed by atoms with E-state index in [1.165, 1.54) is 0 Å². The number of allylic oxidation sites excluding steroid dienone is 3. The molecule has 0 aliphatic carbocycles. The summed E-state index contributed by atoms with van der Waals surface area (Å²) in [6.07, 6.45) is 5.91. The molecule has 2 heteroatoms. The lowest BCUT2D eigenvalue weighted by atomic mass is 10.1. The number of ether oxygens (including phenoxy) is 1. The molecule has 2 aromatic carbocycles. The van der Waals surface area contributed by atoms with Gasteiger partial charge in [0.05, 0.1) is 12.2 Å². The fraction of sp³-hybridized carbons (Fsp3) is 0.190. The Morgan fingerprint density at radius 3 is 2.09 bits per heavy atom. The molecule has 0 N–H and O–H groups in total. The predicted molar refractivity (Wildman–Crippen MR) is 96.5 cm³/mol. The molecule has 0 aliphatic heterocycles. The van der Waals surface area contributed by atoms with Crippen LogP contribution in [-0.2, 0) is 4.74 Å². The molecule has 0 saturated carbocycles. The van der Waals surface area contributed by atoms with Gasteiger partial charge in [0.25, 0.3) is 6.61 Å². The van der Waals surface area contributed by atoms with Crippen molar-refractivity contribution in [1.82, 2.24) is 0 Å².